The van der Waals surface area contributed by atoms with Gasteiger partial charge in [0, 0.05) is 12.0 Å². The summed E-state index contributed by atoms with van der Waals surface area (Å²) in [6.07, 6.45) is 0.496. The van der Waals surface area contributed by atoms with Crippen LogP contribution < -0.4 is 0 Å². The van der Waals surface area contributed by atoms with Gasteiger partial charge in [-0.05, 0) is 24.1 Å². The Morgan fingerprint density at radius 1 is 1.16 bits per heavy atom. The number of rotatable bonds is 1. The zero-order chi connectivity index (χ0) is 13.4. The summed E-state index contributed by atoms with van der Waals surface area (Å²) in [6.45, 7) is 2.66. The first-order valence-electron chi connectivity index (χ1n) is 6.05. The topological polar surface area (TPSA) is 35.0 Å². The highest BCUT2D eigenvalue weighted by Crippen LogP contribution is 2.34. The Bertz CT molecular complexity index is 614. The molecule has 1 aromatic carbocycles. The number of halogens is 2. The molecule has 0 aliphatic carbocycles. The van der Waals surface area contributed by atoms with Crippen LogP contribution in [0.1, 0.15) is 28.5 Å². The molecule has 1 unspecified atom stereocenters. The molecule has 0 N–H and O–H groups in total. The van der Waals surface area contributed by atoms with Gasteiger partial charge in [0.15, 0.2) is 0 Å². The number of ether oxygens (including phenoxy) is 1. The van der Waals surface area contributed by atoms with Crippen molar-refractivity contribution < 1.29 is 4.74 Å². The number of nitrogens with zero attached hydrogens (tertiary/aromatic N) is 2. The average Bonchev–Trinajstić information content (AvgIpc) is 2.39. The molecule has 2 aromatic rings. The van der Waals surface area contributed by atoms with Crippen LogP contribution in [0, 0.1) is 6.92 Å². The molecule has 0 radical (unpaired) electrons. The van der Waals surface area contributed by atoms with Crippen LogP contribution in [-0.4, -0.2) is 16.6 Å². The van der Waals surface area contributed by atoms with Gasteiger partial charge >= 0.3 is 0 Å². The minimum Gasteiger partial charge on any atom is -0.367 e. The Morgan fingerprint density at radius 2 is 1.89 bits per heavy atom. The second-order valence-corrected chi connectivity index (χ2v) is 5.25. The van der Waals surface area contributed by atoms with Crippen LogP contribution in [0.3, 0.4) is 0 Å². The van der Waals surface area contributed by atoms with Gasteiger partial charge in [-0.15, -0.1) is 0 Å². The molecule has 0 spiro atoms. The maximum atomic E-state index is 6.13. The molecule has 0 saturated carbocycles. The molecule has 1 aliphatic rings. The van der Waals surface area contributed by atoms with Crippen molar-refractivity contribution in [1.82, 2.24) is 9.97 Å². The van der Waals surface area contributed by atoms with Gasteiger partial charge in [0.25, 0.3) is 0 Å². The first-order valence-corrected chi connectivity index (χ1v) is 6.80. The molecule has 0 amide bonds. The van der Waals surface area contributed by atoms with E-state index in [0.717, 1.165) is 16.8 Å². The lowest BCUT2D eigenvalue weighted by molar-refractivity contribution is 0.0662. The molecule has 0 fully saturated rings. The summed E-state index contributed by atoms with van der Waals surface area (Å²) >= 11 is 12.0. The van der Waals surface area contributed by atoms with E-state index in [0.29, 0.717) is 18.2 Å². The van der Waals surface area contributed by atoms with Crippen LogP contribution in [-0.2, 0) is 11.2 Å². The van der Waals surface area contributed by atoms with Crippen molar-refractivity contribution >= 4 is 23.2 Å². The van der Waals surface area contributed by atoms with Gasteiger partial charge in [-0.2, -0.15) is 0 Å². The third-order valence-corrected chi connectivity index (χ3v) is 3.71. The van der Waals surface area contributed by atoms with E-state index in [1.165, 1.54) is 5.56 Å². The Balaban J connectivity index is 2.09. The van der Waals surface area contributed by atoms with Crippen LogP contribution in [0.4, 0.5) is 0 Å². The van der Waals surface area contributed by atoms with E-state index in [1.54, 1.807) is 0 Å². The van der Waals surface area contributed by atoms with Gasteiger partial charge in [-0.3, -0.25) is 0 Å². The average molecular weight is 295 g/mol. The van der Waals surface area contributed by atoms with E-state index in [-0.39, 0.29) is 11.4 Å². The van der Waals surface area contributed by atoms with Gasteiger partial charge in [0.05, 0.1) is 12.3 Å². The number of hydrogen-bond acceptors (Lipinski definition) is 3. The summed E-state index contributed by atoms with van der Waals surface area (Å²) in [7, 11) is 0. The number of aromatic nitrogens is 2. The Hall–Kier alpha value is -1.16. The fourth-order valence-electron chi connectivity index (χ4n) is 2.25. The second kappa shape index (κ2) is 5.08. The van der Waals surface area contributed by atoms with Gasteiger partial charge in [-0.25, -0.2) is 9.97 Å². The van der Waals surface area contributed by atoms with Crippen LogP contribution in [0.2, 0.25) is 10.4 Å². The molecule has 0 bridgehead atoms. The van der Waals surface area contributed by atoms with E-state index >= 15 is 0 Å². The zero-order valence-corrected chi connectivity index (χ0v) is 11.9. The van der Waals surface area contributed by atoms with Crippen LogP contribution >= 0.6 is 23.2 Å². The monoisotopic (exact) mass is 294 g/mol. The lowest BCUT2D eigenvalue weighted by atomic mass is 9.98. The third-order valence-electron chi connectivity index (χ3n) is 3.23. The van der Waals surface area contributed by atoms with Crippen molar-refractivity contribution in [3.63, 3.8) is 0 Å². The number of aryl methyl sites for hydroxylation is 1. The standard InChI is InChI=1S/C14H12Cl2N2O/c1-8-2-4-9(5-3-8)12-11-10(6-7-19-12)13(15)18-14(16)17-11/h2-5,12H,6-7H2,1H3. The summed E-state index contributed by atoms with van der Waals surface area (Å²) in [6, 6.07) is 8.19. The quantitative estimate of drug-likeness (QED) is 0.593. The molecule has 98 valence electrons. The number of hydrogen-bond donors (Lipinski definition) is 0. The maximum Gasteiger partial charge on any atom is 0.224 e. The van der Waals surface area contributed by atoms with Gasteiger partial charge in [-0.1, -0.05) is 41.4 Å². The smallest absolute Gasteiger partial charge is 0.224 e. The predicted octanol–water partition coefficient (Wildman–Crippen LogP) is 3.75. The molecule has 3 rings (SSSR count). The normalized spacial score (nSPS) is 18.2. The van der Waals surface area contributed by atoms with Crippen molar-refractivity contribution in [2.75, 3.05) is 6.61 Å². The van der Waals surface area contributed by atoms with E-state index in [2.05, 4.69) is 29.0 Å². The van der Waals surface area contributed by atoms with Gasteiger partial charge in [0.2, 0.25) is 5.28 Å². The van der Waals surface area contributed by atoms with Crippen LogP contribution in [0.25, 0.3) is 0 Å². The molecule has 0 saturated heterocycles. The third kappa shape index (κ3) is 2.46. The van der Waals surface area contributed by atoms with Crippen molar-refractivity contribution in [3.8, 4) is 0 Å². The Labute approximate surface area is 121 Å². The summed E-state index contributed by atoms with van der Waals surface area (Å²) in [5, 5.41) is 0.585. The Morgan fingerprint density at radius 3 is 2.63 bits per heavy atom. The minimum absolute atomic E-state index is 0.159. The first-order chi connectivity index (χ1) is 9.15. The highest BCUT2D eigenvalue weighted by Gasteiger charge is 2.27. The fourth-order valence-corrected chi connectivity index (χ4v) is 2.74. The molecular weight excluding hydrogens is 283 g/mol. The largest absolute Gasteiger partial charge is 0.367 e. The van der Waals surface area contributed by atoms with Crippen LogP contribution in [0.15, 0.2) is 24.3 Å². The summed E-state index contributed by atoms with van der Waals surface area (Å²) < 4.78 is 5.83. The maximum absolute atomic E-state index is 6.13. The van der Waals surface area contributed by atoms with Gasteiger partial charge in [0.1, 0.15) is 11.3 Å². The van der Waals surface area contributed by atoms with Crippen molar-refractivity contribution in [2.45, 2.75) is 19.4 Å². The predicted molar refractivity (Wildman–Crippen MR) is 74.7 cm³/mol. The molecule has 3 nitrogen and oxygen atoms in total. The molecule has 19 heavy (non-hydrogen) atoms. The molecule has 1 aromatic heterocycles. The molecule has 1 aliphatic heterocycles. The van der Waals surface area contributed by atoms with Crippen molar-refractivity contribution in [3.05, 3.63) is 57.1 Å². The molecular formula is C14H12Cl2N2O. The first kappa shape index (κ1) is 12.9. The van der Waals surface area contributed by atoms with Crippen LogP contribution in [0.5, 0.6) is 0 Å². The fraction of sp³-hybridized carbons (Fsp3) is 0.286. The number of fused-ring (bicyclic) bond motifs is 1. The lowest BCUT2D eigenvalue weighted by Gasteiger charge is -2.25. The summed E-state index contributed by atoms with van der Waals surface area (Å²) in [4.78, 5) is 8.29. The molecule has 5 heteroatoms. The molecule has 2 heterocycles. The van der Waals surface area contributed by atoms with Crippen molar-refractivity contribution in [2.24, 2.45) is 0 Å². The zero-order valence-electron chi connectivity index (χ0n) is 10.4. The minimum atomic E-state index is -0.220. The van der Waals surface area contributed by atoms with Gasteiger partial charge < -0.3 is 4.74 Å². The van der Waals surface area contributed by atoms with E-state index in [9.17, 15) is 0 Å². The summed E-state index contributed by atoms with van der Waals surface area (Å²) in [5.74, 6) is 0. The van der Waals surface area contributed by atoms with E-state index in [4.69, 9.17) is 27.9 Å². The molecule has 1 atom stereocenters. The number of benzene rings is 1. The van der Waals surface area contributed by atoms with E-state index in [1.807, 2.05) is 12.1 Å². The lowest BCUT2D eigenvalue weighted by Crippen LogP contribution is -2.20. The Kier molecular flexibility index (Phi) is 3.44. The highest BCUT2D eigenvalue weighted by molar-refractivity contribution is 6.32. The summed E-state index contributed by atoms with van der Waals surface area (Å²) in [5.41, 5.74) is 3.97. The van der Waals surface area contributed by atoms with E-state index < -0.39 is 0 Å². The SMILES string of the molecule is Cc1ccc(C2OCCc3c(Cl)nc(Cl)nc32)cc1. The second-order valence-electron chi connectivity index (χ2n) is 4.56. The highest BCUT2D eigenvalue weighted by atomic mass is 35.5. The van der Waals surface area contributed by atoms with Crippen molar-refractivity contribution in [1.29, 1.82) is 0 Å².